The monoisotopic (exact) mass is 318 g/mol. The molecule has 6 heteroatoms. The molecule has 3 aliphatic heterocycles. The summed E-state index contributed by atoms with van der Waals surface area (Å²) in [6, 6.07) is 1.97. The Morgan fingerprint density at radius 1 is 1.26 bits per heavy atom. The molecule has 1 aromatic rings. The van der Waals surface area contributed by atoms with Crippen LogP contribution in [0.4, 0.5) is 0 Å². The molecule has 4 rings (SSSR count). The summed E-state index contributed by atoms with van der Waals surface area (Å²) in [5.41, 5.74) is 0.347. The highest BCUT2D eigenvalue weighted by Gasteiger charge is 2.37. The molecule has 126 valence electrons. The van der Waals surface area contributed by atoms with Gasteiger partial charge in [0.1, 0.15) is 5.69 Å². The molecule has 0 saturated carbocycles. The van der Waals surface area contributed by atoms with Gasteiger partial charge in [-0.3, -0.25) is 4.79 Å². The van der Waals surface area contributed by atoms with Crippen LogP contribution in [-0.2, 0) is 5.41 Å². The number of nitrogens with one attached hydrogen (secondary N) is 1. The second kappa shape index (κ2) is 5.74. The average Bonchev–Trinajstić information content (AvgIpc) is 2.73. The van der Waals surface area contributed by atoms with Crippen molar-refractivity contribution in [2.24, 2.45) is 5.92 Å². The highest BCUT2D eigenvalue weighted by atomic mass is 16.2. The van der Waals surface area contributed by atoms with Gasteiger partial charge in [-0.1, -0.05) is 20.8 Å². The molecule has 4 heterocycles. The number of hydrogen-bond acceptors (Lipinski definition) is 4. The Hall–Kier alpha value is -1.69. The molecule has 0 aliphatic carbocycles. The Kier molecular flexibility index (Phi) is 4.04. The van der Waals surface area contributed by atoms with E-state index in [-0.39, 0.29) is 23.1 Å². The Balaban J connectivity index is 1.92. The molecule has 3 fully saturated rings. The first-order chi connectivity index (χ1) is 10.7. The minimum absolute atomic E-state index is 0.105. The molecule has 3 saturated heterocycles. The molecule has 2 atom stereocenters. The Labute approximate surface area is 136 Å². The van der Waals surface area contributed by atoms with Gasteiger partial charge in [-0.25, -0.2) is 4.79 Å². The van der Waals surface area contributed by atoms with Gasteiger partial charge in [0.2, 0.25) is 0 Å². The molecular formula is C17H26N4O2. The maximum atomic E-state index is 13.0. The number of piperidine rings is 1. The largest absolute Gasteiger partial charge is 0.345 e. The number of fused-ring (bicyclic) bond motifs is 4. The molecule has 0 radical (unpaired) electrons. The summed E-state index contributed by atoms with van der Waals surface area (Å²) in [4.78, 5) is 35.8. The second-order valence-electron chi connectivity index (χ2n) is 8.01. The number of aromatic nitrogens is 2. The summed E-state index contributed by atoms with van der Waals surface area (Å²) < 4.78 is 0. The van der Waals surface area contributed by atoms with Crippen molar-refractivity contribution in [1.82, 2.24) is 19.8 Å². The molecule has 0 spiro atoms. The smallest absolute Gasteiger partial charge is 0.333 e. The molecule has 1 aromatic heterocycles. The first-order valence-electron chi connectivity index (χ1n) is 8.35. The van der Waals surface area contributed by atoms with E-state index in [2.05, 4.69) is 21.9 Å². The number of nitrogens with zero attached hydrogens (tertiary/aromatic N) is 3. The fourth-order valence-electron chi connectivity index (χ4n) is 3.68. The lowest BCUT2D eigenvalue weighted by molar-refractivity contribution is 0.0580. The van der Waals surface area contributed by atoms with Crippen LogP contribution in [0.2, 0.25) is 0 Å². The van der Waals surface area contributed by atoms with Gasteiger partial charge in [-0.15, -0.1) is 0 Å². The van der Waals surface area contributed by atoms with E-state index in [0.717, 1.165) is 31.7 Å². The molecule has 0 aromatic carbocycles. The fourth-order valence-corrected chi connectivity index (χ4v) is 3.68. The number of hydrogen-bond donors (Lipinski definition) is 1. The Morgan fingerprint density at radius 2 is 2.00 bits per heavy atom. The fraction of sp³-hybridized carbons (Fsp3) is 0.706. The summed E-state index contributed by atoms with van der Waals surface area (Å²) in [5.74, 6) is 0.415. The molecule has 1 amide bonds. The first kappa shape index (κ1) is 16.2. The minimum Gasteiger partial charge on any atom is -0.333 e. The van der Waals surface area contributed by atoms with E-state index in [4.69, 9.17) is 0 Å². The average molecular weight is 318 g/mol. The van der Waals surface area contributed by atoms with E-state index in [1.165, 1.54) is 6.42 Å². The number of amides is 1. The van der Waals surface area contributed by atoms with E-state index in [0.29, 0.717) is 5.92 Å². The number of likely N-dealkylation sites (N-methyl/N-ethyl adjacent to an activating group) is 1. The number of carbonyl (C=O) groups is 1. The third-order valence-corrected chi connectivity index (χ3v) is 4.93. The van der Waals surface area contributed by atoms with Gasteiger partial charge in [-0.2, -0.15) is 4.98 Å². The Bertz CT molecular complexity index is 661. The number of rotatable bonds is 1. The van der Waals surface area contributed by atoms with Crippen molar-refractivity contribution in [3.63, 3.8) is 0 Å². The van der Waals surface area contributed by atoms with Crippen molar-refractivity contribution in [3.05, 3.63) is 27.9 Å². The standard InChI is InChI=1S/C17H26N4O2/c1-17(2,3)14-7-13(18-16(23)19-14)15(22)21-9-11-5-6-12(21)10-20(4)8-11/h7,11-12H,5-6,8-10H2,1-4H3,(H,18,19,23)/t11-,12+/m1/s1. The third kappa shape index (κ3) is 3.32. The zero-order valence-corrected chi connectivity index (χ0v) is 14.4. The van der Waals surface area contributed by atoms with Gasteiger partial charge < -0.3 is 14.8 Å². The summed E-state index contributed by atoms with van der Waals surface area (Å²) in [6.45, 7) is 8.74. The van der Waals surface area contributed by atoms with Gasteiger partial charge >= 0.3 is 5.69 Å². The zero-order chi connectivity index (χ0) is 16.8. The van der Waals surface area contributed by atoms with Crippen LogP contribution >= 0.6 is 0 Å². The van der Waals surface area contributed by atoms with Gasteiger partial charge in [0.05, 0.1) is 0 Å². The van der Waals surface area contributed by atoms with E-state index >= 15 is 0 Å². The van der Waals surface area contributed by atoms with Gasteiger partial charge in [0.25, 0.3) is 5.91 Å². The summed E-state index contributed by atoms with van der Waals surface area (Å²) >= 11 is 0. The lowest BCUT2D eigenvalue weighted by atomic mass is 9.91. The van der Waals surface area contributed by atoms with Crippen molar-refractivity contribution >= 4 is 5.91 Å². The van der Waals surface area contributed by atoms with Crippen LogP contribution in [0.25, 0.3) is 0 Å². The maximum Gasteiger partial charge on any atom is 0.345 e. The maximum absolute atomic E-state index is 13.0. The van der Waals surface area contributed by atoms with Crippen LogP contribution in [0.5, 0.6) is 0 Å². The minimum atomic E-state index is -0.446. The highest BCUT2D eigenvalue weighted by Crippen LogP contribution is 2.28. The topological polar surface area (TPSA) is 69.3 Å². The number of H-pyrrole nitrogens is 1. The van der Waals surface area contributed by atoms with Gasteiger partial charge in [-0.05, 0) is 31.9 Å². The SMILES string of the molecule is CN1C[C@H]2CC[C@@H](C1)N(C(=O)c1cc(C(C)(C)C)[nH]c(=O)n1)C2. The van der Waals surface area contributed by atoms with Crippen molar-refractivity contribution in [1.29, 1.82) is 0 Å². The summed E-state index contributed by atoms with van der Waals surface area (Å²) in [7, 11) is 2.11. The molecule has 3 aliphatic rings. The molecule has 6 nitrogen and oxygen atoms in total. The quantitative estimate of drug-likeness (QED) is 0.846. The lowest BCUT2D eigenvalue weighted by Crippen LogP contribution is -2.48. The summed E-state index contributed by atoms with van der Waals surface area (Å²) in [5, 5.41) is 0. The first-order valence-corrected chi connectivity index (χ1v) is 8.35. The predicted molar refractivity (Wildman–Crippen MR) is 88.6 cm³/mol. The van der Waals surface area contributed by atoms with E-state index in [1.807, 2.05) is 25.7 Å². The third-order valence-electron chi connectivity index (χ3n) is 4.93. The van der Waals surface area contributed by atoms with Crippen molar-refractivity contribution in [2.45, 2.75) is 45.1 Å². The van der Waals surface area contributed by atoms with Crippen molar-refractivity contribution < 1.29 is 4.79 Å². The number of carbonyl (C=O) groups excluding carboxylic acids is 1. The van der Waals surface area contributed by atoms with Gasteiger partial charge in [0.15, 0.2) is 0 Å². The van der Waals surface area contributed by atoms with Crippen molar-refractivity contribution in [2.75, 3.05) is 26.7 Å². The predicted octanol–water partition coefficient (Wildman–Crippen LogP) is 1.23. The Morgan fingerprint density at radius 3 is 2.70 bits per heavy atom. The van der Waals surface area contributed by atoms with Gasteiger partial charge in [0, 0.05) is 36.8 Å². The molecule has 2 bridgehead atoms. The molecular weight excluding hydrogens is 292 g/mol. The normalized spacial score (nSPS) is 25.5. The molecule has 0 unspecified atom stereocenters. The van der Waals surface area contributed by atoms with E-state index in [9.17, 15) is 9.59 Å². The van der Waals surface area contributed by atoms with Crippen LogP contribution in [0.3, 0.4) is 0 Å². The van der Waals surface area contributed by atoms with Crippen LogP contribution in [-0.4, -0.2) is 58.4 Å². The lowest BCUT2D eigenvalue weighted by Gasteiger charge is -2.36. The van der Waals surface area contributed by atoms with Crippen LogP contribution in [0.1, 0.15) is 49.8 Å². The number of aromatic amines is 1. The zero-order valence-electron chi connectivity index (χ0n) is 14.4. The van der Waals surface area contributed by atoms with Crippen molar-refractivity contribution in [3.8, 4) is 0 Å². The summed E-state index contributed by atoms with van der Waals surface area (Å²) in [6.07, 6.45) is 2.21. The van der Waals surface area contributed by atoms with E-state index < -0.39 is 5.69 Å². The second-order valence-corrected chi connectivity index (χ2v) is 8.01. The van der Waals surface area contributed by atoms with Crippen LogP contribution < -0.4 is 5.69 Å². The van der Waals surface area contributed by atoms with Crippen LogP contribution in [0.15, 0.2) is 10.9 Å². The highest BCUT2D eigenvalue weighted by molar-refractivity contribution is 5.92. The molecule has 1 N–H and O–H groups in total. The van der Waals surface area contributed by atoms with E-state index in [1.54, 1.807) is 6.07 Å². The van der Waals surface area contributed by atoms with Crippen LogP contribution in [0, 0.1) is 5.92 Å². The molecule has 23 heavy (non-hydrogen) atoms.